The van der Waals surface area contributed by atoms with Crippen molar-refractivity contribution in [3.8, 4) is 0 Å². The van der Waals surface area contributed by atoms with E-state index in [-0.39, 0.29) is 5.54 Å². The Morgan fingerprint density at radius 2 is 1.84 bits per heavy atom. The minimum atomic E-state index is 0.0269. The van der Waals surface area contributed by atoms with E-state index in [1.54, 1.807) is 12.4 Å². The molecule has 0 saturated carbocycles. The van der Waals surface area contributed by atoms with E-state index in [1.165, 1.54) is 0 Å². The molecule has 0 spiro atoms. The van der Waals surface area contributed by atoms with E-state index in [9.17, 15) is 0 Å². The second kappa shape index (κ2) is 5.79. The smallest absolute Gasteiger partial charge is 0.315 e. The molecule has 2 aromatic heterocycles. The average molecular weight is 261 g/mol. The Balaban J connectivity index is 1.84. The number of pyridine rings is 1. The molecule has 2 aromatic rings. The van der Waals surface area contributed by atoms with Gasteiger partial charge in [-0.25, -0.2) is 0 Å². The average Bonchev–Trinajstić information content (AvgIpc) is 2.82. The van der Waals surface area contributed by atoms with Gasteiger partial charge in [0, 0.05) is 24.5 Å². The third-order valence-corrected chi connectivity index (χ3v) is 2.43. The molecular formula is C13H19N5O. The predicted molar refractivity (Wildman–Crippen MR) is 72.5 cm³/mol. The van der Waals surface area contributed by atoms with Gasteiger partial charge >= 0.3 is 6.01 Å². The van der Waals surface area contributed by atoms with Crippen LogP contribution < -0.4 is 10.6 Å². The highest BCUT2D eigenvalue weighted by molar-refractivity contribution is 5.21. The molecule has 0 fully saturated rings. The van der Waals surface area contributed by atoms with Crippen LogP contribution >= 0.6 is 0 Å². The van der Waals surface area contributed by atoms with Crippen molar-refractivity contribution in [2.75, 3.05) is 5.32 Å². The molecule has 0 aliphatic rings. The van der Waals surface area contributed by atoms with Gasteiger partial charge in [-0.1, -0.05) is 5.10 Å². The molecule has 2 N–H and O–H groups in total. The first-order valence-corrected chi connectivity index (χ1v) is 6.23. The van der Waals surface area contributed by atoms with Gasteiger partial charge in [0.15, 0.2) is 0 Å². The minimum Gasteiger partial charge on any atom is -0.407 e. The van der Waals surface area contributed by atoms with Gasteiger partial charge in [-0.2, -0.15) is 0 Å². The van der Waals surface area contributed by atoms with Gasteiger partial charge in [0.25, 0.3) is 0 Å². The van der Waals surface area contributed by atoms with E-state index in [1.807, 2.05) is 12.1 Å². The van der Waals surface area contributed by atoms with Crippen LogP contribution in [-0.2, 0) is 13.1 Å². The number of anilines is 1. The largest absolute Gasteiger partial charge is 0.407 e. The summed E-state index contributed by atoms with van der Waals surface area (Å²) in [7, 11) is 0. The summed E-state index contributed by atoms with van der Waals surface area (Å²) in [5.41, 5.74) is 1.14. The van der Waals surface area contributed by atoms with E-state index < -0.39 is 0 Å². The maximum absolute atomic E-state index is 5.49. The highest BCUT2D eigenvalue weighted by Crippen LogP contribution is 2.09. The highest BCUT2D eigenvalue weighted by atomic mass is 16.4. The van der Waals surface area contributed by atoms with E-state index in [0.717, 1.165) is 5.56 Å². The Kier molecular flexibility index (Phi) is 4.11. The Morgan fingerprint density at radius 1 is 1.11 bits per heavy atom. The van der Waals surface area contributed by atoms with Crippen molar-refractivity contribution in [1.82, 2.24) is 20.5 Å². The predicted octanol–water partition coefficient (Wildman–Crippen LogP) is 1.96. The van der Waals surface area contributed by atoms with Gasteiger partial charge in [-0.3, -0.25) is 4.98 Å². The summed E-state index contributed by atoms with van der Waals surface area (Å²) in [4.78, 5) is 3.96. The second-order valence-electron chi connectivity index (χ2n) is 5.31. The van der Waals surface area contributed by atoms with Gasteiger partial charge in [0.2, 0.25) is 5.89 Å². The molecule has 0 amide bonds. The van der Waals surface area contributed by atoms with E-state index >= 15 is 0 Å². The van der Waals surface area contributed by atoms with E-state index in [2.05, 4.69) is 46.6 Å². The number of nitrogens with zero attached hydrogens (tertiary/aromatic N) is 3. The fourth-order valence-electron chi connectivity index (χ4n) is 1.42. The fraction of sp³-hybridized carbons (Fsp3) is 0.462. The standard InChI is InChI=1S/C13H19N5O/c1-13(2,3)16-9-11-17-18-12(19-11)15-8-10-4-6-14-7-5-10/h4-7,16H,8-9H2,1-3H3,(H,15,18). The third kappa shape index (κ3) is 4.67. The maximum Gasteiger partial charge on any atom is 0.315 e. The van der Waals surface area contributed by atoms with Crippen molar-refractivity contribution in [2.45, 2.75) is 39.4 Å². The quantitative estimate of drug-likeness (QED) is 0.857. The summed E-state index contributed by atoms with van der Waals surface area (Å²) < 4.78 is 5.49. The van der Waals surface area contributed by atoms with Gasteiger partial charge in [-0.05, 0) is 38.5 Å². The lowest BCUT2D eigenvalue weighted by Crippen LogP contribution is -2.35. The van der Waals surface area contributed by atoms with Crippen molar-refractivity contribution >= 4 is 6.01 Å². The van der Waals surface area contributed by atoms with Crippen LogP contribution in [0.3, 0.4) is 0 Å². The monoisotopic (exact) mass is 261 g/mol. The molecule has 0 aromatic carbocycles. The van der Waals surface area contributed by atoms with Crippen LogP contribution in [0.1, 0.15) is 32.2 Å². The van der Waals surface area contributed by atoms with Crippen LogP contribution in [0.5, 0.6) is 0 Å². The zero-order chi connectivity index (χ0) is 13.7. The third-order valence-electron chi connectivity index (χ3n) is 2.43. The fourth-order valence-corrected chi connectivity index (χ4v) is 1.42. The number of nitrogens with one attached hydrogen (secondary N) is 2. The zero-order valence-corrected chi connectivity index (χ0v) is 11.5. The Bertz CT molecular complexity index is 503. The molecule has 2 rings (SSSR count). The minimum absolute atomic E-state index is 0.0269. The van der Waals surface area contributed by atoms with E-state index in [4.69, 9.17) is 4.42 Å². The molecule has 0 radical (unpaired) electrons. The molecule has 19 heavy (non-hydrogen) atoms. The second-order valence-corrected chi connectivity index (χ2v) is 5.31. The van der Waals surface area contributed by atoms with Crippen LogP contribution in [0.2, 0.25) is 0 Å². The van der Waals surface area contributed by atoms with Crippen molar-refractivity contribution in [3.05, 3.63) is 36.0 Å². The summed E-state index contributed by atoms with van der Waals surface area (Å²) >= 11 is 0. The van der Waals surface area contributed by atoms with Crippen molar-refractivity contribution < 1.29 is 4.42 Å². The van der Waals surface area contributed by atoms with Crippen LogP contribution in [-0.4, -0.2) is 20.7 Å². The normalized spacial score (nSPS) is 11.5. The number of aromatic nitrogens is 3. The van der Waals surface area contributed by atoms with Crippen LogP contribution in [0.4, 0.5) is 6.01 Å². The maximum atomic E-state index is 5.49. The summed E-state index contributed by atoms with van der Waals surface area (Å²) in [6.45, 7) is 7.47. The molecule has 6 nitrogen and oxygen atoms in total. The van der Waals surface area contributed by atoms with Crippen LogP contribution in [0.15, 0.2) is 28.9 Å². The molecule has 0 saturated heterocycles. The Hall–Kier alpha value is -1.95. The lowest BCUT2D eigenvalue weighted by Gasteiger charge is -2.18. The van der Waals surface area contributed by atoms with Crippen LogP contribution in [0, 0.1) is 0 Å². The molecule has 0 atom stereocenters. The van der Waals surface area contributed by atoms with Crippen molar-refractivity contribution in [2.24, 2.45) is 0 Å². The molecule has 102 valence electrons. The zero-order valence-electron chi connectivity index (χ0n) is 11.5. The number of hydrogen-bond acceptors (Lipinski definition) is 6. The van der Waals surface area contributed by atoms with Crippen molar-refractivity contribution in [1.29, 1.82) is 0 Å². The molecule has 0 aliphatic heterocycles. The first-order chi connectivity index (χ1) is 9.03. The number of hydrogen-bond donors (Lipinski definition) is 2. The molecule has 0 unspecified atom stereocenters. The lowest BCUT2D eigenvalue weighted by atomic mass is 10.1. The van der Waals surface area contributed by atoms with Gasteiger partial charge in [0.1, 0.15) is 0 Å². The van der Waals surface area contributed by atoms with E-state index in [0.29, 0.717) is 25.0 Å². The molecule has 0 aliphatic carbocycles. The van der Waals surface area contributed by atoms with Crippen molar-refractivity contribution in [3.63, 3.8) is 0 Å². The SMILES string of the molecule is CC(C)(C)NCc1nnc(NCc2ccncc2)o1. The number of rotatable bonds is 5. The molecule has 2 heterocycles. The summed E-state index contributed by atoms with van der Waals surface area (Å²) in [5, 5.41) is 14.3. The van der Waals surface area contributed by atoms with Gasteiger partial charge < -0.3 is 15.1 Å². The molecular weight excluding hydrogens is 242 g/mol. The summed E-state index contributed by atoms with van der Waals surface area (Å²) in [6, 6.07) is 4.30. The molecule has 0 bridgehead atoms. The van der Waals surface area contributed by atoms with Gasteiger partial charge in [-0.15, -0.1) is 5.10 Å². The topological polar surface area (TPSA) is 75.9 Å². The summed E-state index contributed by atoms with van der Waals surface area (Å²) in [6.07, 6.45) is 3.51. The molecule has 6 heteroatoms. The Morgan fingerprint density at radius 3 is 2.53 bits per heavy atom. The summed E-state index contributed by atoms with van der Waals surface area (Å²) in [5.74, 6) is 0.576. The van der Waals surface area contributed by atoms with Gasteiger partial charge in [0.05, 0.1) is 6.54 Å². The highest BCUT2D eigenvalue weighted by Gasteiger charge is 2.11. The van der Waals surface area contributed by atoms with Crippen LogP contribution in [0.25, 0.3) is 0 Å². The lowest BCUT2D eigenvalue weighted by molar-refractivity contribution is 0.383. The first kappa shape index (κ1) is 13.5. The Labute approximate surface area is 112 Å². The first-order valence-electron chi connectivity index (χ1n) is 6.23.